The van der Waals surface area contributed by atoms with Crippen LogP contribution in [0.25, 0.3) is 0 Å². The third-order valence-corrected chi connectivity index (χ3v) is 4.33. The molecule has 2 rings (SSSR count). The van der Waals surface area contributed by atoms with E-state index in [0.29, 0.717) is 0 Å². The first-order chi connectivity index (χ1) is 9.81. The van der Waals surface area contributed by atoms with Crippen molar-refractivity contribution in [3.8, 4) is 5.75 Å². The van der Waals surface area contributed by atoms with Crippen molar-refractivity contribution < 1.29 is 19.8 Å². The lowest BCUT2D eigenvalue weighted by Gasteiger charge is -2.37. The average Bonchev–Trinajstić information content (AvgIpc) is 2.40. The second-order valence-corrected chi connectivity index (χ2v) is 6.31. The third-order valence-electron chi connectivity index (χ3n) is 4.33. The highest BCUT2D eigenvalue weighted by atomic mass is 16.4. The molecule has 3 N–H and O–H groups in total. The molecule has 114 valence electrons. The number of benzene rings is 1. The number of hydrogen-bond donors (Lipinski definition) is 3. The minimum absolute atomic E-state index is 0.0333. The van der Waals surface area contributed by atoms with Gasteiger partial charge >= 0.3 is 5.97 Å². The van der Waals surface area contributed by atoms with Crippen LogP contribution in [0.1, 0.15) is 49.9 Å². The quantitative estimate of drug-likeness (QED) is 0.746. The van der Waals surface area contributed by atoms with Crippen LogP contribution in [0.15, 0.2) is 18.2 Å². The van der Waals surface area contributed by atoms with Gasteiger partial charge in [-0.15, -0.1) is 0 Å². The predicted molar refractivity (Wildman–Crippen MR) is 79.4 cm³/mol. The Hall–Kier alpha value is -2.04. The van der Waals surface area contributed by atoms with Crippen molar-refractivity contribution in [2.75, 3.05) is 5.32 Å². The lowest BCUT2D eigenvalue weighted by molar-refractivity contribution is -0.124. The number of aromatic hydroxyl groups is 1. The Morgan fingerprint density at radius 3 is 2.62 bits per heavy atom. The first kappa shape index (κ1) is 15.4. The molecule has 1 aliphatic carbocycles. The number of carboxylic acids is 1. The monoisotopic (exact) mass is 291 g/mol. The molecule has 0 bridgehead atoms. The summed E-state index contributed by atoms with van der Waals surface area (Å²) >= 11 is 0. The van der Waals surface area contributed by atoms with Gasteiger partial charge in [0.1, 0.15) is 5.75 Å². The van der Waals surface area contributed by atoms with E-state index in [-0.39, 0.29) is 34.2 Å². The fourth-order valence-corrected chi connectivity index (χ4v) is 2.97. The number of amides is 1. The van der Waals surface area contributed by atoms with Crippen molar-refractivity contribution in [1.29, 1.82) is 0 Å². The van der Waals surface area contributed by atoms with Gasteiger partial charge in [-0.1, -0.05) is 26.7 Å². The number of phenols is 1. The maximum atomic E-state index is 12.4. The van der Waals surface area contributed by atoms with Crippen molar-refractivity contribution in [2.24, 2.45) is 11.3 Å². The largest absolute Gasteiger partial charge is 0.506 e. The summed E-state index contributed by atoms with van der Waals surface area (Å²) in [6, 6.07) is 3.87. The van der Waals surface area contributed by atoms with Gasteiger partial charge in [-0.25, -0.2) is 4.79 Å². The zero-order chi connectivity index (χ0) is 15.6. The molecule has 21 heavy (non-hydrogen) atoms. The number of aromatic carboxylic acids is 1. The van der Waals surface area contributed by atoms with Crippen molar-refractivity contribution in [1.82, 2.24) is 0 Å². The normalized spacial score (nSPS) is 20.8. The molecule has 0 saturated heterocycles. The van der Waals surface area contributed by atoms with Gasteiger partial charge in [0, 0.05) is 5.92 Å². The second kappa shape index (κ2) is 5.76. The molecule has 1 aliphatic rings. The number of nitrogens with one attached hydrogen (secondary N) is 1. The van der Waals surface area contributed by atoms with Crippen LogP contribution >= 0.6 is 0 Å². The maximum Gasteiger partial charge on any atom is 0.335 e. The Morgan fingerprint density at radius 1 is 1.29 bits per heavy atom. The molecular weight excluding hydrogens is 270 g/mol. The van der Waals surface area contributed by atoms with Crippen LogP contribution in [0.5, 0.6) is 5.75 Å². The number of carbonyl (C=O) groups excluding carboxylic acids is 1. The molecule has 0 radical (unpaired) electrons. The van der Waals surface area contributed by atoms with E-state index in [0.717, 1.165) is 25.7 Å². The molecule has 1 aromatic carbocycles. The Morgan fingerprint density at radius 2 is 2.00 bits per heavy atom. The van der Waals surface area contributed by atoms with E-state index in [2.05, 4.69) is 19.2 Å². The minimum Gasteiger partial charge on any atom is -0.506 e. The summed E-state index contributed by atoms with van der Waals surface area (Å²) in [5.41, 5.74) is 0.106. The van der Waals surface area contributed by atoms with Gasteiger partial charge in [0.25, 0.3) is 0 Å². The minimum atomic E-state index is -1.09. The Bertz CT molecular complexity index is 565. The molecule has 5 heteroatoms. The maximum absolute atomic E-state index is 12.4. The van der Waals surface area contributed by atoms with Crippen LogP contribution in [0, 0.1) is 11.3 Å². The van der Waals surface area contributed by atoms with Crippen LogP contribution in [0.2, 0.25) is 0 Å². The van der Waals surface area contributed by atoms with Crippen LogP contribution in [0.3, 0.4) is 0 Å². The molecule has 0 spiro atoms. The van der Waals surface area contributed by atoms with Gasteiger partial charge < -0.3 is 15.5 Å². The van der Waals surface area contributed by atoms with E-state index in [9.17, 15) is 14.7 Å². The van der Waals surface area contributed by atoms with E-state index in [4.69, 9.17) is 5.11 Å². The zero-order valence-electron chi connectivity index (χ0n) is 12.3. The summed E-state index contributed by atoms with van der Waals surface area (Å²) in [6.07, 6.45) is 3.95. The molecule has 0 aliphatic heterocycles. The number of rotatable bonds is 3. The number of phenolic OH excluding ortho intramolecular Hbond substituents is 1. The van der Waals surface area contributed by atoms with E-state index in [1.807, 2.05) is 0 Å². The van der Waals surface area contributed by atoms with E-state index >= 15 is 0 Å². The highest BCUT2D eigenvalue weighted by Gasteiger charge is 2.37. The SMILES string of the molecule is CC1(C)CCCCC1C(=O)Nc1cc(C(=O)O)ccc1O. The number of hydrogen-bond acceptors (Lipinski definition) is 3. The van der Waals surface area contributed by atoms with Gasteiger partial charge in [0.15, 0.2) is 0 Å². The Labute approximate surface area is 124 Å². The van der Waals surface area contributed by atoms with E-state index in [1.165, 1.54) is 18.2 Å². The van der Waals surface area contributed by atoms with Crippen LogP contribution in [-0.2, 0) is 4.79 Å². The topological polar surface area (TPSA) is 86.6 Å². The number of anilines is 1. The van der Waals surface area contributed by atoms with Gasteiger partial charge in [-0.3, -0.25) is 4.79 Å². The molecule has 5 nitrogen and oxygen atoms in total. The first-order valence-electron chi connectivity index (χ1n) is 7.18. The number of carboxylic acid groups (broad SMARTS) is 1. The summed E-state index contributed by atoms with van der Waals surface area (Å²) in [7, 11) is 0. The summed E-state index contributed by atoms with van der Waals surface area (Å²) in [5, 5.41) is 21.4. The van der Waals surface area contributed by atoms with Gasteiger partial charge in [-0.05, 0) is 36.5 Å². The van der Waals surface area contributed by atoms with E-state index in [1.54, 1.807) is 0 Å². The summed E-state index contributed by atoms with van der Waals surface area (Å²) in [6.45, 7) is 4.15. The van der Waals surface area contributed by atoms with Gasteiger partial charge in [0.05, 0.1) is 11.3 Å². The zero-order valence-corrected chi connectivity index (χ0v) is 12.3. The van der Waals surface area contributed by atoms with Crippen molar-refractivity contribution in [3.63, 3.8) is 0 Å². The molecule has 0 aromatic heterocycles. The van der Waals surface area contributed by atoms with Crippen LogP contribution < -0.4 is 5.32 Å². The summed E-state index contributed by atoms with van der Waals surface area (Å²) in [4.78, 5) is 23.4. The summed E-state index contributed by atoms with van der Waals surface area (Å²) in [5.74, 6) is -1.50. The Balaban J connectivity index is 2.19. The standard InChI is InChI=1S/C16H21NO4/c1-16(2)8-4-3-5-11(16)14(19)17-12-9-10(15(20)21)6-7-13(12)18/h6-7,9,11,18H,3-5,8H2,1-2H3,(H,17,19)(H,20,21). The average molecular weight is 291 g/mol. The highest BCUT2D eigenvalue weighted by molar-refractivity contribution is 5.96. The molecule has 1 saturated carbocycles. The van der Waals surface area contributed by atoms with Crippen molar-refractivity contribution in [3.05, 3.63) is 23.8 Å². The lowest BCUT2D eigenvalue weighted by Crippen LogP contribution is -2.37. The fourth-order valence-electron chi connectivity index (χ4n) is 2.97. The predicted octanol–water partition coefficient (Wildman–Crippen LogP) is 3.25. The van der Waals surface area contributed by atoms with Crippen molar-refractivity contribution in [2.45, 2.75) is 39.5 Å². The number of carbonyl (C=O) groups is 2. The second-order valence-electron chi connectivity index (χ2n) is 6.31. The first-order valence-corrected chi connectivity index (χ1v) is 7.18. The van der Waals surface area contributed by atoms with Crippen molar-refractivity contribution >= 4 is 17.6 Å². The lowest BCUT2D eigenvalue weighted by atomic mass is 9.68. The highest BCUT2D eigenvalue weighted by Crippen LogP contribution is 2.41. The molecule has 1 atom stereocenters. The van der Waals surface area contributed by atoms with Crippen LogP contribution in [-0.4, -0.2) is 22.1 Å². The third kappa shape index (κ3) is 3.35. The van der Waals surface area contributed by atoms with Crippen LogP contribution in [0.4, 0.5) is 5.69 Å². The van der Waals surface area contributed by atoms with Gasteiger partial charge in [0.2, 0.25) is 5.91 Å². The summed E-state index contributed by atoms with van der Waals surface area (Å²) < 4.78 is 0. The smallest absolute Gasteiger partial charge is 0.335 e. The molecule has 1 aromatic rings. The molecule has 1 amide bonds. The molecular formula is C16H21NO4. The molecule has 0 heterocycles. The molecule has 1 unspecified atom stereocenters. The Kier molecular flexibility index (Phi) is 4.21. The van der Waals surface area contributed by atoms with Gasteiger partial charge in [-0.2, -0.15) is 0 Å². The molecule has 1 fully saturated rings. The van der Waals surface area contributed by atoms with E-state index < -0.39 is 5.97 Å². The fraction of sp³-hybridized carbons (Fsp3) is 0.500.